The Balaban J connectivity index is 2.02. The van der Waals surface area contributed by atoms with E-state index in [1.165, 1.54) is 13.2 Å². The van der Waals surface area contributed by atoms with E-state index in [2.05, 4.69) is 13.8 Å². The molecule has 0 bridgehead atoms. The number of hydrogen-bond acceptors (Lipinski definition) is 4. The molecule has 0 unspecified atom stereocenters. The lowest BCUT2D eigenvalue weighted by molar-refractivity contribution is -0.136. The maximum Gasteiger partial charge on any atom is 0.307 e. The molecule has 4 heteroatoms. The number of carbonyl (C=O) groups excluding carboxylic acids is 2. The minimum absolute atomic E-state index is 0.0760. The van der Waals surface area contributed by atoms with E-state index in [4.69, 9.17) is 9.47 Å². The number of rotatable bonds is 2. The first-order valence-corrected chi connectivity index (χ1v) is 7.57. The van der Waals surface area contributed by atoms with Crippen LogP contribution in [0.1, 0.15) is 40.5 Å². The third-order valence-corrected chi connectivity index (χ3v) is 5.73. The van der Waals surface area contributed by atoms with E-state index in [1.54, 1.807) is 6.08 Å². The zero-order chi connectivity index (χ0) is 15.4. The van der Waals surface area contributed by atoms with E-state index in [9.17, 15) is 9.59 Å². The second-order valence-electron chi connectivity index (χ2n) is 6.80. The van der Waals surface area contributed by atoms with Crippen LogP contribution in [0.3, 0.4) is 0 Å². The van der Waals surface area contributed by atoms with Gasteiger partial charge in [0.2, 0.25) is 0 Å². The third kappa shape index (κ3) is 1.85. The van der Waals surface area contributed by atoms with Gasteiger partial charge in [-0.25, -0.2) is 0 Å². The first-order chi connectivity index (χ1) is 9.83. The van der Waals surface area contributed by atoms with Crippen molar-refractivity contribution < 1.29 is 19.1 Å². The molecule has 2 aliphatic carbocycles. The summed E-state index contributed by atoms with van der Waals surface area (Å²) in [5.41, 5.74) is 0.210. The quantitative estimate of drug-likeness (QED) is 0.446. The van der Waals surface area contributed by atoms with Gasteiger partial charge in [-0.15, -0.1) is 0 Å². The summed E-state index contributed by atoms with van der Waals surface area (Å²) in [7, 11) is 0. The van der Waals surface area contributed by atoms with Gasteiger partial charge in [0.05, 0.1) is 18.3 Å². The van der Waals surface area contributed by atoms with Gasteiger partial charge >= 0.3 is 5.97 Å². The van der Waals surface area contributed by atoms with Crippen LogP contribution in [0.4, 0.5) is 0 Å². The molecule has 21 heavy (non-hydrogen) atoms. The van der Waals surface area contributed by atoms with Gasteiger partial charge in [0.25, 0.3) is 0 Å². The van der Waals surface area contributed by atoms with Crippen LogP contribution in [0.5, 0.6) is 0 Å². The highest BCUT2D eigenvalue weighted by molar-refractivity contribution is 5.96. The van der Waals surface area contributed by atoms with Crippen LogP contribution in [0.2, 0.25) is 0 Å². The first-order valence-electron chi connectivity index (χ1n) is 7.57. The van der Waals surface area contributed by atoms with Gasteiger partial charge in [0.15, 0.2) is 5.78 Å². The Morgan fingerprint density at radius 2 is 2.14 bits per heavy atom. The highest BCUT2D eigenvalue weighted by atomic mass is 16.6. The standard InChI is InChI=1S/C17H22O4/c1-10(9-20-12(3)18)15-13(19)7-8-17-14(21-17)6-5-11(2)16(15,17)4/h7-9,11,14-15H,5-6H2,1-4H3/b10-9+/t11-,14-,15-,16-,17-/m1/s1. The molecular weight excluding hydrogens is 268 g/mol. The summed E-state index contributed by atoms with van der Waals surface area (Å²) in [6.45, 7) is 7.56. The molecule has 0 aromatic carbocycles. The summed E-state index contributed by atoms with van der Waals surface area (Å²) in [4.78, 5) is 23.5. The van der Waals surface area contributed by atoms with E-state index >= 15 is 0 Å². The predicted molar refractivity (Wildman–Crippen MR) is 77.3 cm³/mol. The van der Waals surface area contributed by atoms with Crippen molar-refractivity contribution in [3.63, 3.8) is 0 Å². The monoisotopic (exact) mass is 290 g/mol. The van der Waals surface area contributed by atoms with Crippen LogP contribution in [-0.4, -0.2) is 23.5 Å². The third-order valence-electron chi connectivity index (χ3n) is 5.73. The lowest BCUT2D eigenvalue weighted by Gasteiger charge is -2.49. The largest absolute Gasteiger partial charge is 0.435 e. The zero-order valence-corrected chi connectivity index (χ0v) is 13.0. The molecule has 1 spiro atoms. The van der Waals surface area contributed by atoms with Crippen molar-refractivity contribution in [2.45, 2.75) is 52.2 Å². The molecule has 1 saturated heterocycles. The molecule has 1 heterocycles. The van der Waals surface area contributed by atoms with Crippen LogP contribution in [0.25, 0.3) is 0 Å². The van der Waals surface area contributed by atoms with Gasteiger partial charge in [-0.3, -0.25) is 9.59 Å². The van der Waals surface area contributed by atoms with Crippen LogP contribution in [0.15, 0.2) is 24.0 Å². The molecule has 4 nitrogen and oxygen atoms in total. The second-order valence-corrected chi connectivity index (χ2v) is 6.80. The van der Waals surface area contributed by atoms with Crippen molar-refractivity contribution in [1.82, 2.24) is 0 Å². The summed E-state index contributed by atoms with van der Waals surface area (Å²) < 4.78 is 11.0. The Hall–Kier alpha value is -1.42. The van der Waals surface area contributed by atoms with E-state index in [0.29, 0.717) is 5.92 Å². The van der Waals surface area contributed by atoms with Gasteiger partial charge < -0.3 is 9.47 Å². The maximum atomic E-state index is 12.5. The molecular formula is C17H22O4. The smallest absolute Gasteiger partial charge is 0.307 e. The van der Waals surface area contributed by atoms with E-state index < -0.39 is 0 Å². The molecule has 5 atom stereocenters. The average Bonchev–Trinajstić information content (AvgIpc) is 3.14. The van der Waals surface area contributed by atoms with Gasteiger partial charge in [-0.2, -0.15) is 0 Å². The second kappa shape index (κ2) is 4.54. The van der Waals surface area contributed by atoms with Crippen LogP contribution >= 0.6 is 0 Å². The summed E-state index contributed by atoms with van der Waals surface area (Å²) >= 11 is 0. The molecule has 0 N–H and O–H groups in total. The van der Waals surface area contributed by atoms with Crippen LogP contribution in [-0.2, 0) is 19.1 Å². The lowest BCUT2D eigenvalue weighted by Crippen LogP contribution is -2.54. The molecule has 0 radical (unpaired) electrons. The van der Waals surface area contributed by atoms with Crippen LogP contribution < -0.4 is 0 Å². The summed E-state index contributed by atoms with van der Waals surface area (Å²) in [5, 5.41) is 0. The topological polar surface area (TPSA) is 55.9 Å². The van der Waals surface area contributed by atoms with Gasteiger partial charge in [0, 0.05) is 12.3 Å². The van der Waals surface area contributed by atoms with Crippen molar-refractivity contribution in [3.8, 4) is 0 Å². The lowest BCUT2D eigenvalue weighted by atomic mass is 9.51. The maximum absolute atomic E-state index is 12.5. The fourth-order valence-electron chi connectivity index (χ4n) is 4.41. The Kier molecular flexibility index (Phi) is 3.14. The zero-order valence-electron chi connectivity index (χ0n) is 13.0. The first kappa shape index (κ1) is 14.5. The Bertz CT molecular complexity index is 561. The molecule has 2 fully saturated rings. The van der Waals surface area contributed by atoms with Crippen molar-refractivity contribution in [2.75, 3.05) is 0 Å². The normalized spacial score (nSPS) is 44.9. The van der Waals surface area contributed by atoms with Gasteiger partial charge in [0.1, 0.15) is 5.60 Å². The molecule has 0 aromatic heterocycles. The van der Waals surface area contributed by atoms with E-state index in [1.807, 2.05) is 13.0 Å². The SMILES string of the molecule is CC(=O)O/C=C(\C)[C@@H]1C(=O)C=C[C@@]23O[C@@H]2CC[C@@H](C)[C@]13C. The van der Waals surface area contributed by atoms with Crippen molar-refractivity contribution >= 4 is 11.8 Å². The highest BCUT2D eigenvalue weighted by Crippen LogP contribution is 2.66. The van der Waals surface area contributed by atoms with Gasteiger partial charge in [-0.05, 0) is 43.4 Å². The van der Waals surface area contributed by atoms with E-state index in [0.717, 1.165) is 18.4 Å². The number of hydrogen-bond donors (Lipinski definition) is 0. The number of carbonyl (C=O) groups is 2. The molecule has 3 rings (SSSR count). The molecule has 1 aliphatic heterocycles. The van der Waals surface area contributed by atoms with Crippen molar-refractivity contribution in [1.29, 1.82) is 0 Å². The fraction of sp³-hybridized carbons (Fsp3) is 0.647. The number of ether oxygens (including phenoxy) is 2. The molecule has 1 saturated carbocycles. The van der Waals surface area contributed by atoms with Crippen molar-refractivity contribution in [2.24, 2.45) is 17.3 Å². The molecule has 3 aliphatic rings. The predicted octanol–water partition coefficient (Wildman–Crippen LogP) is 2.78. The summed E-state index contributed by atoms with van der Waals surface area (Å²) in [6, 6.07) is 0. The van der Waals surface area contributed by atoms with Crippen LogP contribution in [0, 0.1) is 17.3 Å². The Morgan fingerprint density at radius 1 is 1.43 bits per heavy atom. The van der Waals surface area contributed by atoms with Gasteiger partial charge in [-0.1, -0.05) is 13.8 Å². The van der Waals surface area contributed by atoms with Crippen molar-refractivity contribution in [3.05, 3.63) is 24.0 Å². The summed E-state index contributed by atoms with van der Waals surface area (Å²) in [5.74, 6) is -0.213. The Morgan fingerprint density at radius 3 is 2.81 bits per heavy atom. The molecule has 114 valence electrons. The fourth-order valence-corrected chi connectivity index (χ4v) is 4.41. The number of epoxide rings is 1. The highest BCUT2D eigenvalue weighted by Gasteiger charge is 2.73. The summed E-state index contributed by atoms with van der Waals surface area (Å²) in [6.07, 6.45) is 7.38. The number of ketones is 1. The minimum Gasteiger partial charge on any atom is -0.435 e. The average molecular weight is 290 g/mol. The number of allylic oxidation sites excluding steroid dienone is 2. The molecule has 0 amide bonds. The van der Waals surface area contributed by atoms with E-state index in [-0.39, 0.29) is 34.8 Å². The molecule has 0 aromatic rings. The number of esters is 1. The Labute approximate surface area is 125 Å². The minimum atomic E-state index is -0.370.